The minimum atomic E-state index is -0.0892. The first-order valence-electron chi connectivity index (χ1n) is 7.29. The molecule has 1 N–H and O–H groups in total. The highest BCUT2D eigenvalue weighted by Gasteiger charge is 2.25. The van der Waals surface area contributed by atoms with Crippen LogP contribution >= 0.6 is 0 Å². The Bertz CT molecular complexity index is 454. The standard InChI is InChI=1S/C16H24N2O2/c1-12-7-9-18(10-8-12)13(2)16(19)17-14-5-4-6-15(11-14)20-3/h4-6,11-13H,7-10H2,1-3H3,(H,17,19). The van der Waals surface area contributed by atoms with E-state index >= 15 is 0 Å². The summed E-state index contributed by atoms with van der Waals surface area (Å²) in [6, 6.07) is 7.37. The van der Waals surface area contributed by atoms with Crippen LogP contribution in [0.2, 0.25) is 0 Å². The molecule has 0 aromatic heterocycles. The second-order valence-corrected chi connectivity index (χ2v) is 5.62. The Balaban J connectivity index is 1.93. The lowest BCUT2D eigenvalue weighted by molar-refractivity contribution is -0.121. The molecule has 1 amide bonds. The smallest absolute Gasteiger partial charge is 0.241 e. The lowest BCUT2D eigenvalue weighted by Crippen LogP contribution is -2.45. The fourth-order valence-electron chi connectivity index (χ4n) is 2.53. The number of ether oxygens (including phenoxy) is 1. The van der Waals surface area contributed by atoms with Crippen molar-refractivity contribution in [2.45, 2.75) is 32.7 Å². The van der Waals surface area contributed by atoms with Crippen LogP contribution in [0, 0.1) is 5.92 Å². The van der Waals surface area contributed by atoms with Crippen LogP contribution < -0.4 is 10.1 Å². The van der Waals surface area contributed by atoms with Crippen molar-refractivity contribution in [1.82, 2.24) is 4.90 Å². The first kappa shape index (κ1) is 14.9. The van der Waals surface area contributed by atoms with Gasteiger partial charge in [0.05, 0.1) is 13.2 Å². The number of amides is 1. The number of hydrogen-bond donors (Lipinski definition) is 1. The van der Waals surface area contributed by atoms with Gasteiger partial charge in [0.25, 0.3) is 0 Å². The predicted molar refractivity (Wildman–Crippen MR) is 81.1 cm³/mol. The minimum absolute atomic E-state index is 0.0489. The Kier molecular flexibility index (Phi) is 5.01. The third kappa shape index (κ3) is 3.73. The Hall–Kier alpha value is -1.55. The van der Waals surface area contributed by atoms with Crippen LogP contribution in [0.5, 0.6) is 5.75 Å². The zero-order valence-electron chi connectivity index (χ0n) is 12.6. The maximum Gasteiger partial charge on any atom is 0.241 e. The van der Waals surface area contributed by atoms with Crippen molar-refractivity contribution < 1.29 is 9.53 Å². The molecule has 1 heterocycles. The van der Waals surface area contributed by atoms with E-state index in [-0.39, 0.29) is 11.9 Å². The van der Waals surface area contributed by atoms with Crippen molar-refractivity contribution in [3.8, 4) is 5.75 Å². The van der Waals surface area contributed by atoms with E-state index in [0.29, 0.717) is 0 Å². The van der Waals surface area contributed by atoms with Gasteiger partial charge in [-0.2, -0.15) is 0 Å². The molecule has 4 heteroatoms. The lowest BCUT2D eigenvalue weighted by atomic mass is 9.98. The number of methoxy groups -OCH3 is 1. The monoisotopic (exact) mass is 276 g/mol. The Labute approximate surface area is 121 Å². The molecule has 4 nitrogen and oxygen atoms in total. The number of rotatable bonds is 4. The quantitative estimate of drug-likeness (QED) is 0.919. The van der Waals surface area contributed by atoms with Crippen LogP contribution in [0.25, 0.3) is 0 Å². The Morgan fingerprint density at radius 3 is 2.75 bits per heavy atom. The number of carbonyl (C=O) groups excluding carboxylic acids is 1. The van der Waals surface area contributed by atoms with Crippen molar-refractivity contribution >= 4 is 11.6 Å². The van der Waals surface area contributed by atoms with Crippen LogP contribution in [0.3, 0.4) is 0 Å². The number of hydrogen-bond acceptors (Lipinski definition) is 3. The van der Waals surface area contributed by atoms with E-state index in [0.717, 1.165) is 30.4 Å². The summed E-state index contributed by atoms with van der Waals surface area (Å²) in [5.41, 5.74) is 0.784. The molecule has 1 aromatic carbocycles. The van der Waals surface area contributed by atoms with Gasteiger partial charge >= 0.3 is 0 Å². The second kappa shape index (κ2) is 6.75. The molecule has 1 aliphatic rings. The normalized spacial score (nSPS) is 18.6. The van der Waals surface area contributed by atoms with Gasteiger partial charge in [0, 0.05) is 11.8 Å². The first-order chi connectivity index (χ1) is 9.60. The van der Waals surface area contributed by atoms with Crippen LogP contribution in [-0.4, -0.2) is 37.0 Å². The topological polar surface area (TPSA) is 41.6 Å². The number of anilines is 1. The lowest BCUT2D eigenvalue weighted by Gasteiger charge is -2.34. The van der Waals surface area contributed by atoms with Crippen LogP contribution in [0.1, 0.15) is 26.7 Å². The van der Waals surface area contributed by atoms with E-state index in [1.165, 1.54) is 12.8 Å². The molecule has 1 saturated heterocycles. The SMILES string of the molecule is COc1cccc(NC(=O)C(C)N2CCC(C)CC2)c1. The summed E-state index contributed by atoms with van der Waals surface area (Å²) in [6.45, 7) is 6.27. The average Bonchev–Trinajstić information content (AvgIpc) is 2.47. The van der Waals surface area contributed by atoms with Gasteiger partial charge in [-0.3, -0.25) is 9.69 Å². The molecule has 1 unspecified atom stereocenters. The number of benzene rings is 1. The van der Waals surface area contributed by atoms with E-state index in [4.69, 9.17) is 4.74 Å². The zero-order chi connectivity index (χ0) is 14.5. The molecule has 2 rings (SSSR count). The Morgan fingerprint density at radius 1 is 1.40 bits per heavy atom. The maximum absolute atomic E-state index is 12.3. The summed E-state index contributed by atoms with van der Waals surface area (Å²) in [6.07, 6.45) is 2.35. The van der Waals surface area contributed by atoms with Gasteiger partial charge in [-0.05, 0) is 50.9 Å². The number of likely N-dealkylation sites (tertiary alicyclic amines) is 1. The highest BCUT2D eigenvalue weighted by molar-refractivity contribution is 5.94. The van der Waals surface area contributed by atoms with E-state index in [2.05, 4.69) is 17.1 Å². The zero-order valence-corrected chi connectivity index (χ0v) is 12.6. The molecular weight excluding hydrogens is 252 g/mol. The highest BCUT2D eigenvalue weighted by Crippen LogP contribution is 2.20. The van der Waals surface area contributed by atoms with Gasteiger partial charge in [-0.1, -0.05) is 13.0 Å². The van der Waals surface area contributed by atoms with Crippen LogP contribution in [0.4, 0.5) is 5.69 Å². The fourth-order valence-corrected chi connectivity index (χ4v) is 2.53. The fraction of sp³-hybridized carbons (Fsp3) is 0.562. The van der Waals surface area contributed by atoms with Gasteiger partial charge in [0.1, 0.15) is 5.75 Å². The minimum Gasteiger partial charge on any atom is -0.497 e. The molecule has 0 aliphatic carbocycles. The van der Waals surface area contributed by atoms with Gasteiger partial charge in [0.2, 0.25) is 5.91 Å². The predicted octanol–water partition coefficient (Wildman–Crippen LogP) is 2.75. The largest absolute Gasteiger partial charge is 0.497 e. The number of carbonyl (C=O) groups is 1. The third-order valence-electron chi connectivity index (χ3n) is 4.08. The van der Waals surface area contributed by atoms with Crippen molar-refractivity contribution in [1.29, 1.82) is 0 Å². The third-order valence-corrected chi connectivity index (χ3v) is 4.08. The summed E-state index contributed by atoms with van der Waals surface area (Å²) in [5.74, 6) is 1.58. The van der Waals surface area contributed by atoms with Crippen molar-refractivity contribution in [2.24, 2.45) is 5.92 Å². The molecule has 1 aliphatic heterocycles. The second-order valence-electron chi connectivity index (χ2n) is 5.62. The molecule has 1 fully saturated rings. The number of piperidine rings is 1. The van der Waals surface area contributed by atoms with Crippen molar-refractivity contribution in [3.63, 3.8) is 0 Å². The van der Waals surface area contributed by atoms with Crippen LogP contribution in [-0.2, 0) is 4.79 Å². The number of nitrogens with zero attached hydrogens (tertiary/aromatic N) is 1. The summed E-state index contributed by atoms with van der Waals surface area (Å²) in [7, 11) is 1.62. The van der Waals surface area contributed by atoms with Crippen molar-refractivity contribution in [3.05, 3.63) is 24.3 Å². The number of nitrogens with one attached hydrogen (secondary N) is 1. The van der Waals surface area contributed by atoms with Crippen molar-refractivity contribution in [2.75, 3.05) is 25.5 Å². The van der Waals surface area contributed by atoms with Gasteiger partial charge in [0.15, 0.2) is 0 Å². The molecule has 0 saturated carbocycles. The van der Waals surface area contributed by atoms with Gasteiger partial charge < -0.3 is 10.1 Å². The van der Waals surface area contributed by atoms with Crippen LogP contribution in [0.15, 0.2) is 24.3 Å². The average molecular weight is 276 g/mol. The molecule has 20 heavy (non-hydrogen) atoms. The molecule has 1 atom stereocenters. The van der Waals surface area contributed by atoms with E-state index in [9.17, 15) is 4.79 Å². The molecule has 0 spiro atoms. The summed E-state index contributed by atoms with van der Waals surface area (Å²) in [5, 5.41) is 2.96. The molecule has 0 bridgehead atoms. The summed E-state index contributed by atoms with van der Waals surface area (Å²) in [4.78, 5) is 14.6. The molecule has 0 radical (unpaired) electrons. The molecule has 110 valence electrons. The highest BCUT2D eigenvalue weighted by atomic mass is 16.5. The molecular formula is C16H24N2O2. The van der Waals surface area contributed by atoms with Gasteiger partial charge in [-0.15, -0.1) is 0 Å². The summed E-state index contributed by atoms with van der Waals surface area (Å²) >= 11 is 0. The van der Waals surface area contributed by atoms with E-state index in [1.807, 2.05) is 31.2 Å². The summed E-state index contributed by atoms with van der Waals surface area (Å²) < 4.78 is 5.16. The molecule has 1 aromatic rings. The van der Waals surface area contributed by atoms with Gasteiger partial charge in [-0.25, -0.2) is 0 Å². The maximum atomic E-state index is 12.3. The Morgan fingerprint density at radius 2 is 2.10 bits per heavy atom. The van der Waals surface area contributed by atoms with E-state index < -0.39 is 0 Å². The first-order valence-corrected chi connectivity index (χ1v) is 7.29. The van der Waals surface area contributed by atoms with E-state index in [1.54, 1.807) is 7.11 Å².